The molecular formula is C52H32N2S. The van der Waals surface area contributed by atoms with E-state index < -0.39 is 0 Å². The van der Waals surface area contributed by atoms with Crippen molar-refractivity contribution < 1.29 is 0 Å². The van der Waals surface area contributed by atoms with Crippen molar-refractivity contribution in [3.05, 3.63) is 194 Å². The van der Waals surface area contributed by atoms with E-state index in [2.05, 4.69) is 203 Å². The van der Waals surface area contributed by atoms with Crippen LogP contribution in [0.5, 0.6) is 0 Å². The van der Waals surface area contributed by atoms with Gasteiger partial charge in [0.25, 0.3) is 0 Å². The minimum Gasteiger partial charge on any atom is -0.309 e. The van der Waals surface area contributed by atoms with E-state index >= 15 is 0 Å². The number of thiophene rings is 1. The van der Waals surface area contributed by atoms with Crippen LogP contribution in [0.15, 0.2) is 194 Å². The SMILES string of the molecule is c1ccc(-c2ccccc2-n2c3ccccc3c3cc(-c4ccc5c(c4)c4ccc6ccccc6c4n5-c4cccc5sc6ccccc6c45)ccc32)cc1. The van der Waals surface area contributed by atoms with Crippen molar-refractivity contribution in [2.45, 2.75) is 0 Å². The van der Waals surface area contributed by atoms with Gasteiger partial charge in [0.2, 0.25) is 0 Å². The van der Waals surface area contributed by atoms with Crippen molar-refractivity contribution in [1.82, 2.24) is 9.13 Å². The maximum absolute atomic E-state index is 2.53. The molecule has 0 unspecified atom stereocenters. The minimum atomic E-state index is 1.18. The van der Waals surface area contributed by atoms with Gasteiger partial charge in [-0.3, -0.25) is 0 Å². The number of para-hydroxylation sites is 2. The molecular weight excluding hydrogens is 685 g/mol. The summed E-state index contributed by atoms with van der Waals surface area (Å²) in [4.78, 5) is 0. The van der Waals surface area contributed by atoms with Crippen molar-refractivity contribution in [2.24, 2.45) is 0 Å². The Morgan fingerprint density at radius 3 is 1.80 bits per heavy atom. The monoisotopic (exact) mass is 716 g/mol. The zero-order chi connectivity index (χ0) is 36.0. The van der Waals surface area contributed by atoms with Crippen molar-refractivity contribution in [2.75, 3.05) is 0 Å². The maximum atomic E-state index is 2.53. The van der Waals surface area contributed by atoms with Crippen LogP contribution in [0.3, 0.4) is 0 Å². The lowest BCUT2D eigenvalue weighted by molar-refractivity contribution is 1.18. The number of nitrogens with zero attached hydrogens (tertiary/aromatic N) is 2. The van der Waals surface area contributed by atoms with Gasteiger partial charge in [-0.2, -0.15) is 0 Å². The van der Waals surface area contributed by atoms with Crippen LogP contribution in [0.25, 0.3) is 108 Å². The molecule has 0 aliphatic heterocycles. The number of rotatable bonds is 4. The fourth-order valence-electron chi connectivity index (χ4n) is 9.10. The fourth-order valence-corrected chi connectivity index (χ4v) is 10.2. The lowest BCUT2D eigenvalue weighted by Gasteiger charge is -2.14. The molecule has 3 heterocycles. The van der Waals surface area contributed by atoms with Crippen LogP contribution in [-0.2, 0) is 0 Å². The first kappa shape index (κ1) is 30.5. The molecule has 0 amide bonds. The van der Waals surface area contributed by atoms with E-state index in [1.165, 1.54) is 108 Å². The van der Waals surface area contributed by atoms with Crippen molar-refractivity contribution >= 4 is 85.9 Å². The van der Waals surface area contributed by atoms with Gasteiger partial charge in [0.15, 0.2) is 0 Å². The lowest BCUT2D eigenvalue weighted by Crippen LogP contribution is -1.97. The van der Waals surface area contributed by atoms with Gasteiger partial charge >= 0.3 is 0 Å². The van der Waals surface area contributed by atoms with E-state index in [-0.39, 0.29) is 0 Å². The second kappa shape index (κ2) is 11.8. The summed E-state index contributed by atoms with van der Waals surface area (Å²) in [5.41, 5.74) is 12.1. The van der Waals surface area contributed by atoms with Crippen LogP contribution in [0.2, 0.25) is 0 Å². The molecule has 0 fully saturated rings. The Labute approximate surface area is 321 Å². The molecule has 12 rings (SSSR count). The second-order valence-corrected chi connectivity index (χ2v) is 15.6. The molecule has 55 heavy (non-hydrogen) atoms. The zero-order valence-electron chi connectivity index (χ0n) is 29.8. The van der Waals surface area contributed by atoms with Crippen molar-refractivity contribution in [1.29, 1.82) is 0 Å². The Morgan fingerprint density at radius 1 is 0.327 bits per heavy atom. The Bertz CT molecular complexity index is 3490. The normalized spacial score (nSPS) is 12.0. The van der Waals surface area contributed by atoms with E-state index in [9.17, 15) is 0 Å². The van der Waals surface area contributed by atoms with E-state index in [1.54, 1.807) is 0 Å². The van der Waals surface area contributed by atoms with E-state index in [0.717, 1.165) is 0 Å². The number of hydrogen-bond donors (Lipinski definition) is 0. The number of benzene rings is 9. The Balaban J connectivity index is 1.10. The van der Waals surface area contributed by atoms with E-state index in [1.807, 2.05) is 11.3 Å². The van der Waals surface area contributed by atoms with Gasteiger partial charge in [-0.15, -0.1) is 11.3 Å². The van der Waals surface area contributed by atoms with E-state index in [0.29, 0.717) is 0 Å². The van der Waals surface area contributed by atoms with Crippen LogP contribution >= 0.6 is 11.3 Å². The van der Waals surface area contributed by atoms with Gasteiger partial charge in [0.05, 0.1) is 33.4 Å². The topological polar surface area (TPSA) is 9.86 Å². The molecule has 0 N–H and O–H groups in total. The third-order valence-electron chi connectivity index (χ3n) is 11.5. The molecule has 9 aromatic carbocycles. The highest BCUT2D eigenvalue weighted by Crippen LogP contribution is 2.44. The molecule has 0 aliphatic carbocycles. The molecule has 12 aromatic rings. The summed E-state index contributed by atoms with van der Waals surface area (Å²) in [6, 6.07) is 71.4. The standard InChI is InChI=1S/C52H32N2S/c1-2-13-33(14-3-1)37-16-6-9-20-44(37)53-45-21-10-7-18-39(45)42-31-35(26-29-46(42)53)36-27-30-47-43(32-36)40-28-25-34-15-4-5-17-38(34)52(40)54(47)48-22-12-24-50-51(48)41-19-8-11-23-49(41)55-50/h1-32H. The van der Waals surface area contributed by atoms with Crippen LogP contribution in [0, 0.1) is 0 Å². The summed E-state index contributed by atoms with van der Waals surface area (Å²) in [5.74, 6) is 0. The van der Waals surface area contributed by atoms with Crippen LogP contribution in [0.4, 0.5) is 0 Å². The molecule has 3 heteroatoms. The summed E-state index contributed by atoms with van der Waals surface area (Å²) < 4.78 is 7.59. The van der Waals surface area contributed by atoms with Crippen molar-refractivity contribution in [3.63, 3.8) is 0 Å². The zero-order valence-corrected chi connectivity index (χ0v) is 30.6. The quantitative estimate of drug-likeness (QED) is 0.172. The molecule has 0 bridgehead atoms. The van der Waals surface area contributed by atoms with Crippen LogP contribution in [0.1, 0.15) is 0 Å². The summed E-state index contributed by atoms with van der Waals surface area (Å²) in [6.45, 7) is 0. The van der Waals surface area contributed by atoms with Gasteiger partial charge in [-0.25, -0.2) is 0 Å². The van der Waals surface area contributed by atoms with Crippen LogP contribution in [-0.4, -0.2) is 9.13 Å². The highest BCUT2D eigenvalue weighted by atomic mass is 32.1. The second-order valence-electron chi connectivity index (χ2n) is 14.5. The lowest BCUT2D eigenvalue weighted by atomic mass is 10.00. The van der Waals surface area contributed by atoms with Gasteiger partial charge in [0.1, 0.15) is 0 Å². The van der Waals surface area contributed by atoms with Crippen LogP contribution < -0.4 is 0 Å². The predicted octanol–water partition coefficient (Wildman–Crippen LogP) is 14.7. The first-order valence-corrected chi connectivity index (χ1v) is 19.7. The minimum absolute atomic E-state index is 1.18. The van der Waals surface area contributed by atoms with E-state index in [4.69, 9.17) is 0 Å². The Morgan fingerprint density at radius 2 is 0.945 bits per heavy atom. The third-order valence-corrected chi connectivity index (χ3v) is 12.6. The predicted molar refractivity (Wildman–Crippen MR) is 236 cm³/mol. The summed E-state index contributed by atoms with van der Waals surface area (Å²) in [7, 11) is 0. The third kappa shape index (κ3) is 4.48. The highest BCUT2D eigenvalue weighted by Gasteiger charge is 2.20. The molecule has 0 aliphatic rings. The first-order chi connectivity index (χ1) is 27.3. The summed E-state index contributed by atoms with van der Waals surface area (Å²) in [5, 5.41) is 10.2. The van der Waals surface area contributed by atoms with Gasteiger partial charge < -0.3 is 9.13 Å². The fraction of sp³-hybridized carbons (Fsp3) is 0. The Kier molecular flexibility index (Phi) is 6.54. The molecule has 0 saturated carbocycles. The average Bonchev–Trinajstić information content (AvgIpc) is 3.91. The van der Waals surface area contributed by atoms with Gasteiger partial charge in [-0.1, -0.05) is 140 Å². The maximum Gasteiger partial charge on any atom is 0.0619 e. The summed E-state index contributed by atoms with van der Waals surface area (Å²) in [6.07, 6.45) is 0. The largest absolute Gasteiger partial charge is 0.309 e. The molecule has 3 aromatic heterocycles. The molecule has 0 saturated heterocycles. The number of fused-ring (bicyclic) bond motifs is 11. The molecule has 2 nitrogen and oxygen atoms in total. The van der Waals surface area contributed by atoms with Gasteiger partial charge in [0, 0.05) is 52.7 Å². The first-order valence-electron chi connectivity index (χ1n) is 18.9. The summed E-state index contributed by atoms with van der Waals surface area (Å²) >= 11 is 1.87. The number of hydrogen-bond acceptors (Lipinski definition) is 1. The van der Waals surface area contributed by atoms with Gasteiger partial charge in [-0.05, 0) is 76.7 Å². The average molecular weight is 717 g/mol. The highest BCUT2D eigenvalue weighted by molar-refractivity contribution is 7.25. The molecule has 0 radical (unpaired) electrons. The molecule has 0 atom stereocenters. The number of aromatic nitrogens is 2. The smallest absolute Gasteiger partial charge is 0.0619 e. The molecule has 256 valence electrons. The van der Waals surface area contributed by atoms with Crippen molar-refractivity contribution in [3.8, 4) is 33.6 Å². The Hall–Kier alpha value is -6.94. The molecule has 0 spiro atoms.